The lowest BCUT2D eigenvalue weighted by Gasteiger charge is -2.39. The van der Waals surface area contributed by atoms with Crippen LogP contribution < -0.4 is 14.0 Å². The highest BCUT2D eigenvalue weighted by molar-refractivity contribution is 5.31. The van der Waals surface area contributed by atoms with Crippen LogP contribution in [0.5, 0.6) is 5.75 Å². The predicted molar refractivity (Wildman–Crippen MR) is 69.9 cm³/mol. The van der Waals surface area contributed by atoms with Gasteiger partial charge in [-0.3, -0.25) is 4.90 Å². The molecular weight excluding hydrogens is 300 g/mol. The molecular formula is C13H23ClN2O5. The van der Waals surface area contributed by atoms with Crippen molar-refractivity contribution in [2.24, 2.45) is 0 Å². The van der Waals surface area contributed by atoms with Crippen molar-refractivity contribution in [1.82, 2.24) is 9.80 Å². The molecule has 0 saturated carbocycles. The molecule has 1 aromatic rings. The van der Waals surface area contributed by atoms with Crippen LogP contribution in [0.15, 0.2) is 24.3 Å². The van der Waals surface area contributed by atoms with Crippen molar-refractivity contribution in [3.63, 3.8) is 0 Å². The van der Waals surface area contributed by atoms with Crippen LogP contribution in [0.1, 0.15) is 12.5 Å². The Morgan fingerprint density at radius 3 is 1.71 bits per heavy atom. The summed E-state index contributed by atoms with van der Waals surface area (Å²) in [5, 5.41) is 9.32. The lowest BCUT2D eigenvalue weighted by Crippen LogP contribution is -2.58. The summed E-state index contributed by atoms with van der Waals surface area (Å²) in [7, 11) is 3.61. The molecule has 1 unspecified atom stereocenters. The van der Waals surface area contributed by atoms with Gasteiger partial charge in [-0.1, -0.05) is 12.1 Å². The smallest absolute Gasteiger partial charge is 0.115 e. The van der Waals surface area contributed by atoms with Crippen LogP contribution in [0.3, 0.4) is 0 Å². The molecule has 0 bridgehead atoms. The Bertz CT molecular complexity index is 414. The van der Waals surface area contributed by atoms with E-state index in [2.05, 4.69) is 44.9 Å². The quantitative estimate of drug-likeness (QED) is 0.635. The maximum atomic E-state index is 9.32. The van der Waals surface area contributed by atoms with Gasteiger partial charge in [0.1, 0.15) is 5.75 Å². The van der Waals surface area contributed by atoms with Gasteiger partial charge < -0.3 is 10.0 Å². The first kappa shape index (κ1) is 20.1. The van der Waals surface area contributed by atoms with E-state index in [9.17, 15) is 5.11 Å². The van der Waals surface area contributed by atoms with E-state index in [-0.39, 0.29) is 5.54 Å². The van der Waals surface area contributed by atoms with Crippen LogP contribution in [-0.2, 0) is 5.54 Å². The van der Waals surface area contributed by atoms with Crippen molar-refractivity contribution < 1.29 is 34.0 Å². The first-order chi connectivity index (χ1) is 9.36. The number of phenols is 1. The Kier molecular flexibility index (Phi) is 7.55. The van der Waals surface area contributed by atoms with E-state index in [0.717, 1.165) is 6.54 Å². The highest BCUT2D eigenvalue weighted by atomic mass is 35.7. The van der Waals surface area contributed by atoms with E-state index < -0.39 is 10.2 Å². The minimum Gasteiger partial charge on any atom is -0.508 e. The second kappa shape index (κ2) is 7.90. The summed E-state index contributed by atoms with van der Waals surface area (Å²) in [6, 6.07) is 7.46. The van der Waals surface area contributed by atoms with Crippen molar-refractivity contribution >= 4 is 0 Å². The topological polar surface area (TPSA) is 116 Å². The maximum absolute atomic E-state index is 9.32. The van der Waals surface area contributed by atoms with Crippen LogP contribution in [-0.4, -0.2) is 54.3 Å². The number of benzene rings is 1. The van der Waals surface area contributed by atoms with E-state index in [1.54, 1.807) is 12.1 Å². The molecule has 1 aromatic carbocycles. The molecule has 0 radical (unpaired) electrons. The third kappa shape index (κ3) is 8.18. The third-order valence-corrected chi connectivity index (χ3v) is 3.10. The lowest BCUT2D eigenvalue weighted by molar-refractivity contribution is -1.92. The lowest BCUT2D eigenvalue weighted by atomic mass is 9.90. The molecule has 0 fully saturated rings. The van der Waals surface area contributed by atoms with Crippen LogP contribution in [0.25, 0.3) is 0 Å². The molecule has 0 aliphatic carbocycles. The van der Waals surface area contributed by atoms with Gasteiger partial charge in [0.05, 0.1) is 20.4 Å². The molecule has 122 valence electrons. The molecule has 0 saturated heterocycles. The molecule has 21 heavy (non-hydrogen) atoms. The summed E-state index contributed by atoms with van der Waals surface area (Å²) >= 11 is 0. The zero-order valence-electron chi connectivity index (χ0n) is 12.9. The maximum Gasteiger partial charge on any atom is 0.115 e. The molecule has 7 nitrogen and oxygen atoms in total. The number of hydrogen-bond donors (Lipinski definition) is 2. The van der Waals surface area contributed by atoms with Crippen LogP contribution in [0, 0.1) is 10.2 Å². The number of aromatic hydroxyl groups is 1. The fourth-order valence-corrected chi connectivity index (χ4v) is 1.93. The molecule has 0 amide bonds. The van der Waals surface area contributed by atoms with Crippen molar-refractivity contribution in [1.29, 1.82) is 0 Å². The summed E-state index contributed by atoms with van der Waals surface area (Å²) in [6.45, 7) is 3.14. The minimum atomic E-state index is -4.69. The number of hydrogen-bond acceptors (Lipinski definition) is 7. The van der Waals surface area contributed by atoms with E-state index in [1.807, 2.05) is 12.1 Å². The predicted octanol–water partition coefficient (Wildman–Crippen LogP) is -2.39. The van der Waals surface area contributed by atoms with E-state index in [1.165, 1.54) is 5.56 Å². The minimum absolute atomic E-state index is 0.0444. The Hall–Kier alpha value is -0.930. The summed E-state index contributed by atoms with van der Waals surface area (Å²) in [4.78, 5) is 4.38. The van der Waals surface area contributed by atoms with Crippen molar-refractivity contribution in [2.75, 3.05) is 34.7 Å². The summed E-state index contributed by atoms with van der Waals surface area (Å²) < 4.78 is 32.7. The van der Waals surface area contributed by atoms with Gasteiger partial charge in [0.15, 0.2) is 0 Å². The van der Waals surface area contributed by atoms with Gasteiger partial charge in [-0.2, -0.15) is 14.0 Å². The van der Waals surface area contributed by atoms with Crippen LogP contribution in [0.2, 0.25) is 0 Å². The van der Waals surface area contributed by atoms with Gasteiger partial charge in [-0.25, -0.2) is 0 Å². The fourth-order valence-electron chi connectivity index (χ4n) is 1.93. The molecule has 2 N–H and O–H groups in total. The first-order valence-electron chi connectivity index (χ1n) is 6.11. The van der Waals surface area contributed by atoms with E-state index in [0.29, 0.717) is 5.75 Å². The largest absolute Gasteiger partial charge is 0.508 e. The Morgan fingerprint density at radius 1 is 1.05 bits per heavy atom. The molecule has 1 atom stereocenters. The highest BCUT2D eigenvalue weighted by Crippen LogP contribution is 2.27. The fraction of sp³-hybridized carbons (Fsp3) is 0.538. The SMILES string of the molecule is CN(C)CC(C)(c1ccc(O)cc1)N(C)C.[O-][Cl+3]([O-])([O-])O. The van der Waals surface area contributed by atoms with Gasteiger partial charge in [-0.15, -0.1) is 0 Å². The van der Waals surface area contributed by atoms with Gasteiger partial charge in [0.2, 0.25) is 0 Å². The average Bonchev–Trinajstić information content (AvgIpc) is 2.26. The molecule has 0 spiro atoms. The Labute approximate surface area is 127 Å². The third-order valence-electron chi connectivity index (χ3n) is 3.10. The standard InChI is InChI=1S/C13H22N2O.ClHO4/c1-13(15(4)5,10-14(2)3)11-6-8-12(16)9-7-11;2-1(3,4)5/h6-9,16H,10H2,1-5H3;(H,2,3,4,5). The van der Waals surface area contributed by atoms with E-state index in [4.69, 9.17) is 18.6 Å². The Balaban J connectivity index is 0.000000690. The van der Waals surface area contributed by atoms with Crippen molar-refractivity contribution in [3.05, 3.63) is 29.8 Å². The van der Waals surface area contributed by atoms with Gasteiger partial charge in [-0.05, 0) is 52.8 Å². The van der Waals surface area contributed by atoms with Crippen LogP contribution in [0.4, 0.5) is 0 Å². The molecule has 1 rings (SSSR count). The number of nitrogens with zero attached hydrogens (tertiary/aromatic N) is 2. The van der Waals surface area contributed by atoms with E-state index >= 15 is 0 Å². The zero-order valence-corrected chi connectivity index (χ0v) is 13.7. The second-order valence-corrected chi connectivity index (χ2v) is 6.14. The van der Waals surface area contributed by atoms with Crippen molar-refractivity contribution in [3.8, 4) is 5.75 Å². The average molecular weight is 323 g/mol. The number of phenolic OH excluding ortho intramolecular Hbond substituents is 1. The zero-order chi connectivity index (χ0) is 16.8. The molecule has 8 heteroatoms. The summed E-state index contributed by atoms with van der Waals surface area (Å²) in [5.74, 6) is 0.315. The summed E-state index contributed by atoms with van der Waals surface area (Å²) in [5.41, 5.74) is 1.17. The molecule has 0 aliphatic heterocycles. The first-order valence-corrected chi connectivity index (χ1v) is 7.37. The molecule has 0 aromatic heterocycles. The van der Waals surface area contributed by atoms with Gasteiger partial charge in [0, 0.05) is 6.54 Å². The van der Waals surface area contributed by atoms with Gasteiger partial charge >= 0.3 is 0 Å². The van der Waals surface area contributed by atoms with Gasteiger partial charge in [0.25, 0.3) is 0 Å². The summed E-state index contributed by atoms with van der Waals surface area (Å²) in [6.07, 6.45) is 0. The normalized spacial score (nSPS) is 14.6. The van der Waals surface area contributed by atoms with Crippen molar-refractivity contribution in [2.45, 2.75) is 12.5 Å². The monoisotopic (exact) mass is 322 g/mol. The number of halogens is 1. The highest BCUT2D eigenvalue weighted by Gasteiger charge is 2.29. The Morgan fingerprint density at radius 2 is 1.43 bits per heavy atom. The molecule has 0 aliphatic rings. The number of rotatable bonds is 4. The molecule has 0 heterocycles. The second-order valence-electron chi connectivity index (χ2n) is 5.35. The van der Waals surface area contributed by atoms with Crippen LogP contribution >= 0.6 is 0 Å². The number of likely N-dealkylation sites (N-methyl/N-ethyl adjacent to an activating group) is 2.